The molecule has 1 aliphatic rings. The summed E-state index contributed by atoms with van der Waals surface area (Å²) in [5.74, 6) is 0.256. The summed E-state index contributed by atoms with van der Waals surface area (Å²) >= 11 is 0. The number of hydrogen-bond donors (Lipinski definition) is 1. The van der Waals surface area contributed by atoms with Gasteiger partial charge in [-0.2, -0.15) is 0 Å². The van der Waals surface area contributed by atoms with Crippen LogP contribution in [-0.2, 0) is 42.7 Å². The summed E-state index contributed by atoms with van der Waals surface area (Å²) in [6.07, 6.45) is 2.09. The first kappa shape index (κ1) is 15.8. The maximum absolute atomic E-state index is 11.5. The molecular weight excluding hydrogens is 327 g/mol. The van der Waals surface area contributed by atoms with Crippen molar-refractivity contribution in [3.8, 4) is 5.75 Å². The van der Waals surface area contributed by atoms with Crippen LogP contribution in [0.15, 0.2) is 17.0 Å². The van der Waals surface area contributed by atoms with E-state index in [0.29, 0.717) is 17.9 Å². The van der Waals surface area contributed by atoms with Crippen LogP contribution < -0.4 is 0 Å². The standard InChI is InChI=1S/C12H14NO3S.Y/c1-8-5-10(6-9(2)12(8)14)7-11-3-4-13-17(11,15)16;/h5-7,14H,3-4H2,1-2H3;/q-1;/b11-7+;. The summed E-state index contributed by atoms with van der Waals surface area (Å²) in [6, 6.07) is 3.53. The molecule has 1 radical (unpaired) electrons. The van der Waals surface area contributed by atoms with Crippen molar-refractivity contribution in [2.75, 3.05) is 6.54 Å². The number of phenolic OH excluding ortho intramolecular Hbond substituents is 1. The average molecular weight is 341 g/mol. The summed E-state index contributed by atoms with van der Waals surface area (Å²) in [6.45, 7) is 3.92. The van der Waals surface area contributed by atoms with Gasteiger partial charge in [0.05, 0.1) is 10.0 Å². The third-order valence-electron chi connectivity index (χ3n) is 2.79. The fourth-order valence-electron chi connectivity index (χ4n) is 1.89. The number of rotatable bonds is 1. The van der Waals surface area contributed by atoms with Gasteiger partial charge in [-0.05, 0) is 55.2 Å². The van der Waals surface area contributed by atoms with Crippen LogP contribution in [0.25, 0.3) is 10.8 Å². The summed E-state index contributed by atoms with van der Waals surface area (Å²) in [5.41, 5.74) is 2.27. The van der Waals surface area contributed by atoms with Crippen LogP contribution in [0.4, 0.5) is 0 Å². The molecule has 1 heterocycles. The fourth-order valence-corrected chi connectivity index (χ4v) is 3.02. The monoisotopic (exact) mass is 341 g/mol. The number of nitrogens with zero attached hydrogens (tertiary/aromatic N) is 1. The van der Waals surface area contributed by atoms with Crippen molar-refractivity contribution in [2.24, 2.45) is 0 Å². The summed E-state index contributed by atoms with van der Waals surface area (Å²) in [7, 11) is -3.40. The molecular formula is C12H14NO3SY-. The third-order valence-corrected chi connectivity index (χ3v) is 4.30. The van der Waals surface area contributed by atoms with E-state index in [4.69, 9.17) is 0 Å². The Bertz CT molecular complexity index is 570. The second kappa shape index (κ2) is 5.82. The normalized spacial score (nSPS) is 19.8. The average Bonchev–Trinajstić information content (AvgIpc) is 2.55. The zero-order valence-corrected chi connectivity index (χ0v) is 14.0. The maximum Gasteiger partial charge on any atom is 0.121 e. The Morgan fingerprint density at radius 3 is 2.28 bits per heavy atom. The topological polar surface area (TPSA) is 68.5 Å². The predicted molar refractivity (Wildman–Crippen MR) is 67.3 cm³/mol. The van der Waals surface area contributed by atoms with E-state index in [0.717, 1.165) is 16.7 Å². The van der Waals surface area contributed by atoms with Crippen LogP contribution in [0.2, 0.25) is 0 Å². The smallest absolute Gasteiger partial charge is 0.121 e. The first-order valence-corrected chi connectivity index (χ1v) is 6.79. The molecule has 18 heavy (non-hydrogen) atoms. The molecule has 1 aliphatic heterocycles. The minimum Gasteiger partial charge on any atom is -0.545 e. The van der Waals surface area contributed by atoms with Crippen LogP contribution in [0.5, 0.6) is 5.75 Å². The van der Waals surface area contributed by atoms with Crippen molar-refractivity contribution >= 4 is 16.1 Å². The van der Waals surface area contributed by atoms with Crippen LogP contribution in [0, 0.1) is 13.8 Å². The van der Waals surface area contributed by atoms with Crippen molar-refractivity contribution in [1.29, 1.82) is 0 Å². The molecule has 0 spiro atoms. The molecule has 4 nitrogen and oxygen atoms in total. The van der Waals surface area contributed by atoms with Gasteiger partial charge in [0.2, 0.25) is 0 Å². The van der Waals surface area contributed by atoms with Crippen molar-refractivity contribution in [3.63, 3.8) is 0 Å². The number of aryl methyl sites for hydroxylation is 2. The van der Waals surface area contributed by atoms with Crippen LogP contribution in [0.1, 0.15) is 23.1 Å². The van der Waals surface area contributed by atoms with Crippen molar-refractivity contribution < 1.29 is 46.2 Å². The Balaban J connectivity index is 0.00000162. The van der Waals surface area contributed by atoms with Gasteiger partial charge in [-0.1, -0.05) is 0 Å². The predicted octanol–water partition coefficient (Wildman–Crippen LogP) is 2.45. The van der Waals surface area contributed by atoms with E-state index in [1.54, 1.807) is 32.1 Å². The van der Waals surface area contributed by atoms with Crippen molar-refractivity contribution in [1.82, 2.24) is 0 Å². The molecule has 0 atom stereocenters. The van der Waals surface area contributed by atoms with Gasteiger partial charge in [0.1, 0.15) is 5.75 Å². The van der Waals surface area contributed by atoms with E-state index in [1.807, 2.05) is 0 Å². The first-order valence-electron chi connectivity index (χ1n) is 5.35. The van der Waals surface area contributed by atoms with Gasteiger partial charge < -0.3 is 9.83 Å². The van der Waals surface area contributed by atoms with Gasteiger partial charge in [0, 0.05) is 37.6 Å². The molecule has 1 N–H and O–H groups in total. The van der Waals surface area contributed by atoms with E-state index in [1.165, 1.54) is 0 Å². The van der Waals surface area contributed by atoms with E-state index < -0.39 is 10.0 Å². The van der Waals surface area contributed by atoms with E-state index in [2.05, 4.69) is 4.72 Å². The summed E-state index contributed by atoms with van der Waals surface area (Å²) < 4.78 is 26.6. The second-order valence-corrected chi connectivity index (χ2v) is 5.92. The van der Waals surface area contributed by atoms with Gasteiger partial charge in [0.15, 0.2) is 0 Å². The molecule has 1 aromatic rings. The molecule has 0 saturated carbocycles. The molecule has 0 aromatic heterocycles. The molecule has 6 heteroatoms. The second-order valence-electron chi connectivity index (χ2n) is 4.19. The number of benzene rings is 1. The van der Waals surface area contributed by atoms with Crippen molar-refractivity contribution in [2.45, 2.75) is 20.3 Å². The summed E-state index contributed by atoms with van der Waals surface area (Å²) in [4.78, 5) is 0.349. The molecule has 1 saturated heterocycles. The van der Waals surface area contributed by atoms with E-state index in [9.17, 15) is 13.5 Å². The number of sulfonamides is 1. The Morgan fingerprint density at radius 1 is 1.28 bits per heavy atom. The van der Waals surface area contributed by atoms with E-state index >= 15 is 0 Å². The Kier molecular flexibility index (Phi) is 5.12. The van der Waals surface area contributed by atoms with E-state index in [-0.39, 0.29) is 38.5 Å². The molecule has 0 unspecified atom stereocenters. The van der Waals surface area contributed by atoms with Gasteiger partial charge in [-0.3, -0.25) is 0 Å². The van der Waals surface area contributed by atoms with Crippen molar-refractivity contribution in [3.05, 3.63) is 38.5 Å². The Morgan fingerprint density at radius 2 is 1.83 bits per heavy atom. The third kappa shape index (κ3) is 3.21. The fraction of sp³-hybridized carbons (Fsp3) is 0.333. The SMILES string of the molecule is Cc1cc(/C=C2\CC[N-]S2(=O)=O)cc(C)c1O.[Y]. The Labute approximate surface area is 132 Å². The zero-order valence-electron chi connectivity index (χ0n) is 10.3. The first-order chi connectivity index (χ1) is 7.90. The largest absolute Gasteiger partial charge is 0.545 e. The molecule has 0 amide bonds. The van der Waals surface area contributed by atoms with Crippen LogP contribution in [-0.4, -0.2) is 20.1 Å². The Hall–Kier alpha value is -0.226. The quantitative estimate of drug-likeness (QED) is 0.853. The molecule has 1 fully saturated rings. The number of phenols is 1. The van der Waals surface area contributed by atoms with Gasteiger partial charge in [-0.15, -0.1) is 6.54 Å². The summed E-state index contributed by atoms with van der Waals surface area (Å²) in [5, 5.41) is 9.64. The zero-order chi connectivity index (χ0) is 12.6. The van der Waals surface area contributed by atoms with Gasteiger partial charge in [0.25, 0.3) is 0 Å². The molecule has 1 aromatic carbocycles. The maximum atomic E-state index is 11.5. The molecule has 2 rings (SSSR count). The molecule has 0 aliphatic carbocycles. The number of hydrogen-bond acceptors (Lipinski definition) is 3. The molecule has 95 valence electrons. The van der Waals surface area contributed by atoms with Gasteiger partial charge in [-0.25, -0.2) is 8.42 Å². The number of aromatic hydroxyl groups is 1. The van der Waals surface area contributed by atoms with Crippen LogP contribution >= 0.6 is 0 Å². The minimum atomic E-state index is -3.40. The molecule has 0 bridgehead atoms. The van der Waals surface area contributed by atoms with Crippen LogP contribution in [0.3, 0.4) is 0 Å². The minimum absolute atomic E-state index is 0. The van der Waals surface area contributed by atoms with Gasteiger partial charge >= 0.3 is 0 Å².